The number of carbonyl (C=O) groups is 1. The molecule has 0 radical (unpaired) electrons. The van der Waals surface area contributed by atoms with E-state index < -0.39 is 17.4 Å². The number of carboxylic acid groups (broad SMARTS) is 1. The van der Waals surface area contributed by atoms with Gasteiger partial charge in [-0.1, -0.05) is 31.7 Å². The van der Waals surface area contributed by atoms with Crippen molar-refractivity contribution < 1.29 is 9.90 Å². The number of carboxylic acids is 1. The molecular formula is C12H14N2O2. The van der Waals surface area contributed by atoms with Gasteiger partial charge in [-0.25, -0.2) is 4.79 Å². The molecule has 1 rings (SSSR count). The summed E-state index contributed by atoms with van der Waals surface area (Å²) < 4.78 is 0. The van der Waals surface area contributed by atoms with E-state index in [1.807, 2.05) is 6.92 Å². The predicted molar refractivity (Wildman–Crippen MR) is 60.3 cm³/mol. The van der Waals surface area contributed by atoms with Crippen LogP contribution in [0.2, 0.25) is 0 Å². The highest BCUT2D eigenvalue weighted by molar-refractivity contribution is 5.91. The van der Waals surface area contributed by atoms with E-state index in [4.69, 9.17) is 16.1 Å². The lowest BCUT2D eigenvalue weighted by molar-refractivity contribution is -0.132. The first-order valence-electron chi connectivity index (χ1n) is 4.96. The Morgan fingerprint density at radius 2 is 2.44 bits per heavy atom. The minimum Gasteiger partial charge on any atom is -0.478 e. The van der Waals surface area contributed by atoms with Crippen LogP contribution in [0.25, 0.3) is 0 Å². The molecule has 3 N–H and O–H groups in total. The van der Waals surface area contributed by atoms with Crippen molar-refractivity contribution in [3.63, 3.8) is 0 Å². The molecule has 16 heavy (non-hydrogen) atoms. The molecular weight excluding hydrogens is 204 g/mol. The van der Waals surface area contributed by atoms with Gasteiger partial charge < -0.3 is 10.8 Å². The highest BCUT2D eigenvalue weighted by Gasteiger charge is 2.37. The van der Waals surface area contributed by atoms with Crippen molar-refractivity contribution in [1.29, 1.82) is 5.26 Å². The van der Waals surface area contributed by atoms with Crippen molar-refractivity contribution in [3.8, 4) is 6.07 Å². The monoisotopic (exact) mass is 218 g/mol. The first-order chi connectivity index (χ1) is 7.46. The zero-order chi connectivity index (χ0) is 12.3. The maximum atomic E-state index is 10.8. The van der Waals surface area contributed by atoms with Crippen molar-refractivity contribution >= 4 is 5.97 Å². The molecule has 0 aliphatic heterocycles. The number of rotatable bonds is 3. The van der Waals surface area contributed by atoms with Crippen LogP contribution in [0.4, 0.5) is 0 Å². The second kappa shape index (κ2) is 4.33. The largest absolute Gasteiger partial charge is 0.478 e. The standard InChI is InChI=1S/C12H14N2O2/c1-3-12(14)6-4-5-9(10(12)7-13)8(2)11(15)16/h4-6,10H,2-3,14H2,1H3,(H,15,16). The number of allylic oxidation sites excluding steroid dienone is 2. The molecule has 2 unspecified atom stereocenters. The van der Waals surface area contributed by atoms with E-state index >= 15 is 0 Å². The third-order valence-corrected chi connectivity index (χ3v) is 2.88. The number of hydrogen-bond donors (Lipinski definition) is 2. The van der Waals surface area contributed by atoms with E-state index in [0.717, 1.165) is 0 Å². The molecule has 1 aliphatic carbocycles. The van der Waals surface area contributed by atoms with Gasteiger partial charge in [-0.3, -0.25) is 0 Å². The van der Waals surface area contributed by atoms with Crippen LogP contribution in [-0.2, 0) is 4.79 Å². The maximum absolute atomic E-state index is 10.8. The van der Waals surface area contributed by atoms with Gasteiger partial charge in [0.15, 0.2) is 0 Å². The number of nitrogens with zero attached hydrogens (tertiary/aromatic N) is 1. The van der Waals surface area contributed by atoms with E-state index in [-0.39, 0.29) is 5.57 Å². The molecule has 0 aromatic rings. The van der Waals surface area contributed by atoms with Gasteiger partial charge >= 0.3 is 5.97 Å². The summed E-state index contributed by atoms with van der Waals surface area (Å²) in [7, 11) is 0. The molecule has 0 heterocycles. The Bertz CT molecular complexity index is 429. The summed E-state index contributed by atoms with van der Waals surface area (Å²) in [5.41, 5.74) is 5.57. The zero-order valence-corrected chi connectivity index (χ0v) is 9.10. The lowest BCUT2D eigenvalue weighted by Crippen LogP contribution is -2.46. The Balaban J connectivity index is 3.17. The molecule has 4 heteroatoms. The summed E-state index contributed by atoms with van der Waals surface area (Å²) >= 11 is 0. The van der Waals surface area contributed by atoms with Gasteiger partial charge in [0.05, 0.1) is 23.1 Å². The molecule has 0 saturated heterocycles. The molecule has 0 aromatic heterocycles. The van der Waals surface area contributed by atoms with Crippen LogP contribution in [0.15, 0.2) is 36.0 Å². The summed E-state index contributed by atoms with van der Waals surface area (Å²) in [4.78, 5) is 10.8. The minimum absolute atomic E-state index is 0.0702. The summed E-state index contributed by atoms with van der Waals surface area (Å²) in [6, 6.07) is 2.06. The fourth-order valence-electron chi connectivity index (χ4n) is 1.72. The summed E-state index contributed by atoms with van der Waals surface area (Å²) in [6.07, 6.45) is 5.57. The Morgan fingerprint density at radius 3 is 2.88 bits per heavy atom. The summed E-state index contributed by atoms with van der Waals surface area (Å²) in [5.74, 6) is -1.79. The van der Waals surface area contributed by atoms with Gasteiger partial charge in [-0.2, -0.15) is 5.26 Å². The van der Waals surface area contributed by atoms with E-state index in [0.29, 0.717) is 12.0 Å². The lowest BCUT2D eigenvalue weighted by Gasteiger charge is -2.33. The smallest absolute Gasteiger partial charge is 0.335 e. The first-order valence-corrected chi connectivity index (χ1v) is 4.96. The van der Waals surface area contributed by atoms with Gasteiger partial charge in [0, 0.05) is 0 Å². The molecule has 4 nitrogen and oxygen atoms in total. The Kier molecular flexibility index (Phi) is 3.31. The van der Waals surface area contributed by atoms with Crippen molar-refractivity contribution in [3.05, 3.63) is 36.0 Å². The quantitative estimate of drug-likeness (QED) is 0.700. The molecule has 0 bridgehead atoms. The fraction of sp³-hybridized carbons (Fsp3) is 0.333. The van der Waals surface area contributed by atoms with Crippen molar-refractivity contribution in [2.24, 2.45) is 11.7 Å². The van der Waals surface area contributed by atoms with E-state index in [2.05, 4.69) is 12.6 Å². The van der Waals surface area contributed by atoms with Crippen LogP contribution < -0.4 is 5.73 Å². The molecule has 0 fully saturated rings. The topological polar surface area (TPSA) is 87.1 Å². The molecule has 0 spiro atoms. The molecule has 0 saturated carbocycles. The number of nitriles is 1. The van der Waals surface area contributed by atoms with Crippen LogP contribution >= 0.6 is 0 Å². The Labute approximate surface area is 94.4 Å². The zero-order valence-electron chi connectivity index (χ0n) is 9.10. The van der Waals surface area contributed by atoms with Crippen molar-refractivity contribution in [2.45, 2.75) is 18.9 Å². The third-order valence-electron chi connectivity index (χ3n) is 2.88. The average Bonchev–Trinajstić information content (AvgIpc) is 2.27. The van der Waals surface area contributed by atoms with E-state index in [9.17, 15) is 4.79 Å². The lowest BCUT2D eigenvalue weighted by atomic mass is 9.73. The highest BCUT2D eigenvalue weighted by atomic mass is 16.4. The van der Waals surface area contributed by atoms with Crippen LogP contribution in [0.1, 0.15) is 13.3 Å². The third kappa shape index (κ3) is 1.90. The van der Waals surface area contributed by atoms with Crippen LogP contribution in [0, 0.1) is 17.2 Å². The minimum atomic E-state index is -1.12. The number of aliphatic carboxylic acids is 1. The van der Waals surface area contributed by atoms with E-state index in [1.54, 1.807) is 18.2 Å². The SMILES string of the molecule is C=C(C(=O)O)C1=CC=CC(N)(CC)C1C#N. The van der Waals surface area contributed by atoms with Gasteiger partial charge in [-0.15, -0.1) is 0 Å². The maximum Gasteiger partial charge on any atom is 0.335 e. The molecule has 0 aromatic carbocycles. The fourth-order valence-corrected chi connectivity index (χ4v) is 1.72. The normalized spacial score (nSPS) is 28.1. The summed E-state index contributed by atoms with van der Waals surface area (Å²) in [6.45, 7) is 5.33. The van der Waals surface area contributed by atoms with Gasteiger partial charge in [0.2, 0.25) is 0 Å². The van der Waals surface area contributed by atoms with Crippen LogP contribution in [0.3, 0.4) is 0 Å². The van der Waals surface area contributed by atoms with E-state index in [1.165, 1.54) is 0 Å². The second-order valence-electron chi connectivity index (χ2n) is 3.79. The molecule has 1 aliphatic rings. The first kappa shape index (κ1) is 12.2. The Hall–Kier alpha value is -1.86. The highest BCUT2D eigenvalue weighted by Crippen LogP contribution is 2.33. The number of hydrogen-bond acceptors (Lipinski definition) is 3. The van der Waals surface area contributed by atoms with Gasteiger partial charge in [0.25, 0.3) is 0 Å². The Morgan fingerprint density at radius 1 is 1.81 bits per heavy atom. The molecule has 84 valence electrons. The van der Waals surface area contributed by atoms with Gasteiger partial charge in [-0.05, 0) is 12.0 Å². The van der Waals surface area contributed by atoms with Crippen molar-refractivity contribution in [2.75, 3.05) is 0 Å². The van der Waals surface area contributed by atoms with Crippen molar-refractivity contribution in [1.82, 2.24) is 0 Å². The van der Waals surface area contributed by atoms with Crippen LogP contribution in [0.5, 0.6) is 0 Å². The number of nitrogens with two attached hydrogens (primary N) is 1. The summed E-state index contributed by atoms with van der Waals surface area (Å²) in [5, 5.41) is 18.0. The predicted octanol–water partition coefficient (Wildman–Crippen LogP) is 1.37. The average molecular weight is 218 g/mol. The van der Waals surface area contributed by atoms with Gasteiger partial charge in [0.1, 0.15) is 0 Å². The molecule has 0 amide bonds. The second-order valence-corrected chi connectivity index (χ2v) is 3.79. The molecule has 2 atom stereocenters. The van der Waals surface area contributed by atoms with Crippen LogP contribution in [-0.4, -0.2) is 16.6 Å².